The number of hydrogen-bond acceptors (Lipinski definition) is 5. The Bertz CT molecular complexity index is 1010. The summed E-state index contributed by atoms with van der Waals surface area (Å²) in [4.78, 5) is 28.0. The summed E-state index contributed by atoms with van der Waals surface area (Å²) < 4.78 is 43.6. The predicted molar refractivity (Wildman–Crippen MR) is 118 cm³/mol. The summed E-state index contributed by atoms with van der Waals surface area (Å²) in [6.45, 7) is 5.20. The minimum atomic E-state index is -1.49. The van der Waals surface area contributed by atoms with Gasteiger partial charge >= 0.3 is 6.09 Å². The molecule has 8 nitrogen and oxygen atoms in total. The van der Waals surface area contributed by atoms with E-state index in [1.165, 1.54) is 14.2 Å². The van der Waals surface area contributed by atoms with Crippen LogP contribution in [0.3, 0.4) is 0 Å². The van der Waals surface area contributed by atoms with E-state index in [1.54, 1.807) is 45.0 Å². The summed E-state index contributed by atoms with van der Waals surface area (Å²) in [6, 6.07) is 8.48. The van der Waals surface area contributed by atoms with Crippen LogP contribution < -0.4 is 15.8 Å². The zero-order valence-electron chi connectivity index (χ0n) is 19.1. The van der Waals surface area contributed by atoms with E-state index in [2.05, 4.69) is 10.3 Å². The molecule has 0 saturated heterocycles. The Morgan fingerprint density at radius 3 is 2.15 bits per heavy atom. The SMILES string of the molecule is COc1cc(F)c([C@H](OC)C(=O)NCc2ccc(C(N)=NC(=O)OC(C)(C)C)cc2)c(F)c1. The Kier molecular flexibility index (Phi) is 8.47. The molecule has 0 heterocycles. The maximum absolute atomic E-state index is 14.3. The van der Waals surface area contributed by atoms with E-state index in [0.717, 1.165) is 12.1 Å². The van der Waals surface area contributed by atoms with Crippen LogP contribution in [0.1, 0.15) is 43.6 Å². The lowest BCUT2D eigenvalue weighted by Crippen LogP contribution is -2.31. The normalized spacial score (nSPS) is 12.8. The third-order valence-corrected chi connectivity index (χ3v) is 4.35. The lowest BCUT2D eigenvalue weighted by molar-refractivity contribution is -0.131. The third kappa shape index (κ3) is 7.25. The van der Waals surface area contributed by atoms with Gasteiger partial charge in [-0.3, -0.25) is 4.79 Å². The summed E-state index contributed by atoms with van der Waals surface area (Å²) in [5.74, 6) is -2.69. The molecule has 0 fully saturated rings. The summed E-state index contributed by atoms with van der Waals surface area (Å²) in [6.07, 6.45) is -2.30. The van der Waals surface area contributed by atoms with Crippen LogP contribution in [-0.4, -0.2) is 37.7 Å². The van der Waals surface area contributed by atoms with Crippen LogP contribution in [0.5, 0.6) is 5.75 Å². The molecule has 10 heteroatoms. The fourth-order valence-corrected chi connectivity index (χ4v) is 2.81. The molecular formula is C23H27F2N3O5. The number of amides is 2. The monoisotopic (exact) mass is 463 g/mol. The van der Waals surface area contributed by atoms with Gasteiger partial charge in [-0.15, -0.1) is 0 Å². The number of rotatable bonds is 7. The average Bonchev–Trinajstić information content (AvgIpc) is 2.73. The second-order valence-corrected chi connectivity index (χ2v) is 8.01. The first kappa shape index (κ1) is 25.7. The van der Waals surface area contributed by atoms with Crippen LogP contribution in [0.2, 0.25) is 0 Å². The van der Waals surface area contributed by atoms with Gasteiger partial charge in [0.1, 0.15) is 28.8 Å². The maximum atomic E-state index is 14.3. The molecule has 0 aliphatic rings. The average molecular weight is 463 g/mol. The van der Waals surface area contributed by atoms with Gasteiger partial charge in [-0.25, -0.2) is 13.6 Å². The molecule has 2 aromatic carbocycles. The van der Waals surface area contributed by atoms with Gasteiger partial charge in [0, 0.05) is 31.4 Å². The lowest BCUT2D eigenvalue weighted by atomic mass is 10.1. The number of halogens is 2. The number of hydrogen-bond donors (Lipinski definition) is 2. The number of methoxy groups -OCH3 is 2. The van der Waals surface area contributed by atoms with Crippen molar-refractivity contribution in [3.8, 4) is 5.75 Å². The van der Waals surface area contributed by atoms with Crippen molar-refractivity contribution in [3.05, 3.63) is 64.7 Å². The molecule has 2 aromatic rings. The molecule has 2 rings (SSSR count). The smallest absolute Gasteiger partial charge is 0.436 e. The zero-order chi connectivity index (χ0) is 24.8. The number of nitrogens with zero attached hydrogens (tertiary/aromatic N) is 1. The highest BCUT2D eigenvalue weighted by Crippen LogP contribution is 2.28. The van der Waals surface area contributed by atoms with E-state index in [9.17, 15) is 18.4 Å². The van der Waals surface area contributed by atoms with Crippen LogP contribution in [0, 0.1) is 11.6 Å². The molecule has 178 valence electrons. The van der Waals surface area contributed by atoms with Crippen molar-refractivity contribution in [2.24, 2.45) is 10.7 Å². The molecule has 0 aliphatic carbocycles. The number of nitrogens with one attached hydrogen (secondary N) is 1. The number of aliphatic imine (C=N–C) groups is 1. The fraction of sp³-hybridized carbons (Fsp3) is 0.348. The van der Waals surface area contributed by atoms with Crippen molar-refractivity contribution in [2.75, 3.05) is 14.2 Å². The topological polar surface area (TPSA) is 112 Å². The van der Waals surface area contributed by atoms with Crippen molar-refractivity contribution < 1.29 is 32.6 Å². The molecule has 0 aromatic heterocycles. The van der Waals surface area contributed by atoms with E-state index in [4.69, 9.17) is 19.9 Å². The summed E-state index contributed by atoms with van der Waals surface area (Å²) in [7, 11) is 2.45. The van der Waals surface area contributed by atoms with Gasteiger partial charge in [0.15, 0.2) is 6.10 Å². The molecule has 33 heavy (non-hydrogen) atoms. The lowest BCUT2D eigenvalue weighted by Gasteiger charge is -2.18. The molecular weight excluding hydrogens is 436 g/mol. The van der Waals surface area contributed by atoms with E-state index < -0.39 is 40.9 Å². The van der Waals surface area contributed by atoms with Gasteiger partial charge in [0.25, 0.3) is 5.91 Å². The molecule has 3 N–H and O–H groups in total. The number of carbonyl (C=O) groups is 2. The second-order valence-electron chi connectivity index (χ2n) is 8.01. The summed E-state index contributed by atoms with van der Waals surface area (Å²) in [5, 5.41) is 2.57. The summed E-state index contributed by atoms with van der Waals surface area (Å²) in [5.41, 5.74) is 5.78. The van der Waals surface area contributed by atoms with Gasteiger partial charge in [-0.05, 0) is 26.3 Å². The van der Waals surface area contributed by atoms with Gasteiger partial charge in [-0.1, -0.05) is 24.3 Å². The van der Waals surface area contributed by atoms with Gasteiger partial charge in [0.2, 0.25) is 0 Å². The fourth-order valence-electron chi connectivity index (χ4n) is 2.81. The Morgan fingerprint density at radius 1 is 1.09 bits per heavy atom. The van der Waals surface area contributed by atoms with Crippen LogP contribution in [0.4, 0.5) is 13.6 Å². The first-order valence-electron chi connectivity index (χ1n) is 9.95. The van der Waals surface area contributed by atoms with Crippen molar-refractivity contribution in [1.29, 1.82) is 0 Å². The second kappa shape index (κ2) is 10.9. The highest BCUT2D eigenvalue weighted by Gasteiger charge is 2.27. The number of benzene rings is 2. The first-order chi connectivity index (χ1) is 15.4. The Hall–Kier alpha value is -3.53. The molecule has 1 atom stereocenters. The largest absolute Gasteiger partial charge is 0.497 e. The number of carbonyl (C=O) groups excluding carboxylic acids is 2. The molecule has 0 aliphatic heterocycles. The van der Waals surface area contributed by atoms with E-state index in [1.807, 2.05) is 0 Å². The van der Waals surface area contributed by atoms with Gasteiger partial charge in [-0.2, -0.15) is 4.99 Å². The standard InChI is InChI=1S/C23H27F2N3O5/c1-23(2,3)33-22(30)28-20(26)14-8-6-13(7-9-14)12-27-21(29)19(32-5)18-16(24)10-15(31-4)11-17(18)25/h6-11,19H,12H2,1-5H3,(H,27,29)(H2,26,28,30)/t19-/m0/s1. The predicted octanol–water partition coefficient (Wildman–Crippen LogP) is 3.62. The maximum Gasteiger partial charge on any atom is 0.436 e. The molecule has 0 radical (unpaired) electrons. The van der Waals surface area contributed by atoms with Crippen LogP contribution >= 0.6 is 0 Å². The Labute approximate surface area is 190 Å². The molecule has 0 bridgehead atoms. The van der Waals surface area contributed by atoms with Crippen molar-refractivity contribution in [2.45, 2.75) is 39.0 Å². The third-order valence-electron chi connectivity index (χ3n) is 4.35. The van der Waals surface area contributed by atoms with Crippen molar-refractivity contribution in [3.63, 3.8) is 0 Å². The highest BCUT2D eigenvalue weighted by molar-refractivity contribution is 6.02. The number of ether oxygens (including phenoxy) is 3. The van der Waals surface area contributed by atoms with E-state index in [-0.39, 0.29) is 18.1 Å². The first-order valence-corrected chi connectivity index (χ1v) is 9.95. The zero-order valence-corrected chi connectivity index (χ0v) is 19.1. The van der Waals surface area contributed by atoms with Crippen molar-refractivity contribution in [1.82, 2.24) is 5.32 Å². The van der Waals surface area contributed by atoms with Gasteiger partial charge < -0.3 is 25.3 Å². The Morgan fingerprint density at radius 2 is 1.67 bits per heavy atom. The van der Waals surface area contributed by atoms with Crippen LogP contribution in [0.15, 0.2) is 41.4 Å². The van der Waals surface area contributed by atoms with E-state index >= 15 is 0 Å². The highest BCUT2D eigenvalue weighted by atomic mass is 19.1. The number of nitrogens with two attached hydrogens (primary N) is 1. The van der Waals surface area contributed by atoms with Gasteiger partial charge in [0.05, 0.1) is 12.7 Å². The minimum Gasteiger partial charge on any atom is -0.497 e. The molecule has 0 saturated carbocycles. The van der Waals surface area contributed by atoms with Crippen LogP contribution in [-0.2, 0) is 20.8 Å². The Balaban J connectivity index is 2.06. The molecule has 0 unspecified atom stereocenters. The minimum absolute atomic E-state index is 0.0152. The summed E-state index contributed by atoms with van der Waals surface area (Å²) >= 11 is 0. The number of amidine groups is 1. The van der Waals surface area contributed by atoms with E-state index in [0.29, 0.717) is 11.1 Å². The molecule has 2 amide bonds. The van der Waals surface area contributed by atoms with Crippen LogP contribution in [0.25, 0.3) is 0 Å². The van der Waals surface area contributed by atoms with Crippen molar-refractivity contribution >= 4 is 17.8 Å². The molecule has 0 spiro atoms. The quantitative estimate of drug-likeness (QED) is 0.479.